The Morgan fingerprint density at radius 3 is 2.74 bits per heavy atom. The molecule has 6 heteroatoms. The molecule has 0 amide bonds. The van der Waals surface area contributed by atoms with Crippen LogP contribution in [-0.4, -0.2) is 15.7 Å². The third kappa shape index (κ3) is 3.52. The molecule has 0 aliphatic heterocycles. The van der Waals surface area contributed by atoms with Crippen LogP contribution in [0.4, 0.5) is 5.69 Å². The van der Waals surface area contributed by atoms with Crippen LogP contribution in [0.2, 0.25) is 5.02 Å². The first-order chi connectivity index (χ1) is 11.1. The molecule has 0 saturated carbocycles. The molecule has 0 aliphatic carbocycles. The molecule has 0 saturated heterocycles. The molecular formula is C17H14ClN3O2. The van der Waals surface area contributed by atoms with Crippen molar-refractivity contribution < 1.29 is 9.53 Å². The lowest BCUT2D eigenvalue weighted by molar-refractivity contribution is 0.0474. The molecule has 23 heavy (non-hydrogen) atoms. The van der Waals surface area contributed by atoms with Crippen LogP contribution >= 0.6 is 11.6 Å². The summed E-state index contributed by atoms with van der Waals surface area (Å²) >= 11 is 5.81. The summed E-state index contributed by atoms with van der Waals surface area (Å²) in [6.07, 6.45) is 3.47. The Morgan fingerprint density at radius 2 is 2.00 bits per heavy atom. The molecule has 3 aromatic rings. The quantitative estimate of drug-likeness (QED) is 0.588. The predicted octanol–water partition coefficient (Wildman–Crippen LogP) is 3.46. The number of carbonyl (C=O) groups excluding carboxylic acids is 1. The Morgan fingerprint density at radius 1 is 1.22 bits per heavy atom. The summed E-state index contributed by atoms with van der Waals surface area (Å²) in [6, 6.07) is 14.3. The van der Waals surface area contributed by atoms with E-state index in [0.29, 0.717) is 16.3 Å². The molecule has 0 atom stereocenters. The Balaban J connectivity index is 1.67. The second-order valence-corrected chi connectivity index (χ2v) is 5.37. The Kier molecular flexibility index (Phi) is 4.30. The van der Waals surface area contributed by atoms with Crippen LogP contribution in [-0.2, 0) is 11.3 Å². The second-order valence-electron chi connectivity index (χ2n) is 4.94. The molecule has 0 aliphatic rings. The second kappa shape index (κ2) is 6.54. The van der Waals surface area contributed by atoms with Gasteiger partial charge < -0.3 is 10.5 Å². The molecule has 2 N–H and O–H groups in total. The van der Waals surface area contributed by atoms with E-state index in [1.165, 1.54) is 6.07 Å². The number of benzene rings is 2. The van der Waals surface area contributed by atoms with Gasteiger partial charge in [-0.05, 0) is 30.3 Å². The van der Waals surface area contributed by atoms with Gasteiger partial charge in [0.25, 0.3) is 0 Å². The number of halogens is 1. The number of nitrogen functional groups attached to an aromatic ring is 1. The number of para-hydroxylation sites is 1. The van der Waals surface area contributed by atoms with E-state index in [1.54, 1.807) is 23.0 Å². The lowest BCUT2D eigenvalue weighted by atomic mass is 10.2. The molecular weight excluding hydrogens is 314 g/mol. The monoisotopic (exact) mass is 327 g/mol. The highest BCUT2D eigenvalue weighted by Crippen LogP contribution is 2.19. The summed E-state index contributed by atoms with van der Waals surface area (Å²) in [7, 11) is 0. The first-order valence-corrected chi connectivity index (χ1v) is 7.32. The summed E-state index contributed by atoms with van der Waals surface area (Å²) in [5.41, 5.74) is 8.08. The van der Waals surface area contributed by atoms with Gasteiger partial charge >= 0.3 is 5.97 Å². The maximum atomic E-state index is 12.1. The van der Waals surface area contributed by atoms with Gasteiger partial charge in [-0.2, -0.15) is 5.10 Å². The van der Waals surface area contributed by atoms with Gasteiger partial charge in [-0.15, -0.1) is 0 Å². The van der Waals surface area contributed by atoms with E-state index in [9.17, 15) is 4.79 Å². The average molecular weight is 328 g/mol. The molecule has 0 fully saturated rings. The van der Waals surface area contributed by atoms with Crippen LogP contribution < -0.4 is 5.73 Å². The summed E-state index contributed by atoms with van der Waals surface area (Å²) in [4.78, 5) is 12.1. The number of nitrogens with zero attached hydrogens (tertiary/aromatic N) is 2. The van der Waals surface area contributed by atoms with Gasteiger partial charge in [-0.25, -0.2) is 9.48 Å². The number of nitrogens with two attached hydrogens (primary N) is 1. The zero-order valence-electron chi connectivity index (χ0n) is 12.1. The first-order valence-electron chi connectivity index (χ1n) is 6.94. The fourth-order valence-corrected chi connectivity index (χ4v) is 2.28. The lowest BCUT2D eigenvalue weighted by Crippen LogP contribution is -2.08. The minimum atomic E-state index is -0.494. The molecule has 5 nitrogen and oxygen atoms in total. The van der Waals surface area contributed by atoms with E-state index in [0.717, 1.165) is 11.3 Å². The van der Waals surface area contributed by atoms with Crippen LogP contribution in [0.1, 0.15) is 15.9 Å². The lowest BCUT2D eigenvalue weighted by Gasteiger charge is -2.06. The smallest absolute Gasteiger partial charge is 0.340 e. The van der Waals surface area contributed by atoms with Crippen molar-refractivity contribution in [2.75, 3.05) is 5.73 Å². The normalized spacial score (nSPS) is 10.5. The van der Waals surface area contributed by atoms with Crippen molar-refractivity contribution in [2.24, 2.45) is 0 Å². The van der Waals surface area contributed by atoms with Crippen molar-refractivity contribution in [3.05, 3.63) is 77.1 Å². The van der Waals surface area contributed by atoms with E-state index in [2.05, 4.69) is 5.10 Å². The number of hydrogen-bond acceptors (Lipinski definition) is 4. The van der Waals surface area contributed by atoms with Crippen LogP contribution in [0.3, 0.4) is 0 Å². The minimum Gasteiger partial charge on any atom is -0.457 e. The standard InChI is InChI=1S/C17H14ClN3O2/c18-13-6-7-15(16(19)8-13)17(22)23-11-12-9-20-21(10-12)14-4-2-1-3-5-14/h1-10H,11,19H2. The molecule has 0 spiro atoms. The zero-order valence-corrected chi connectivity index (χ0v) is 12.9. The van der Waals surface area contributed by atoms with Gasteiger partial charge in [0.05, 0.1) is 17.4 Å². The summed E-state index contributed by atoms with van der Waals surface area (Å²) in [5, 5.41) is 4.72. The highest BCUT2D eigenvalue weighted by atomic mass is 35.5. The Hall–Kier alpha value is -2.79. The molecule has 0 radical (unpaired) electrons. The van der Waals surface area contributed by atoms with Gasteiger partial charge in [-0.1, -0.05) is 29.8 Å². The predicted molar refractivity (Wildman–Crippen MR) is 88.5 cm³/mol. The van der Waals surface area contributed by atoms with Gasteiger partial charge in [0, 0.05) is 22.5 Å². The van der Waals surface area contributed by atoms with Gasteiger partial charge in [-0.3, -0.25) is 0 Å². The van der Waals surface area contributed by atoms with Crippen molar-refractivity contribution in [3.8, 4) is 5.69 Å². The number of rotatable bonds is 4. The fraction of sp³-hybridized carbons (Fsp3) is 0.0588. The number of esters is 1. The van der Waals surface area contributed by atoms with Crippen LogP contribution in [0.25, 0.3) is 5.69 Å². The van der Waals surface area contributed by atoms with E-state index < -0.39 is 5.97 Å². The third-order valence-corrected chi connectivity index (χ3v) is 3.50. The number of anilines is 1. The molecule has 2 aromatic carbocycles. The number of carbonyl (C=O) groups is 1. The van der Waals surface area contributed by atoms with E-state index in [-0.39, 0.29) is 6.61 Å². The minimum absolute atomic E-state index is 0.119. The van der Waals surface area contributed by atoms with Gasteiger partial charge in [0.1, 0.15) is 6.61 Å². The molecule has 3 rings (SSSR count). The molecule has 1 aromatic heterocycles. The largest absolute Gasteiger partial charge is 0.457 e. The molecule has 116 valence electrons. The maximum Gasteiger partial charge on any atom is 0.340 e. The number of aromatic nitrogens is 2. The van der Waals surface area contributed by atoms with Crippen molar-refractivity contribution >= 4 is 23.3 Å². The maximum absolute atomic E-state index is 12.1. The fourth-order valence-electron chi connectivity index (χ4n) is 2.10. The van der Waals surface area contributed by atoms with Crippen molar-refractivity contribution in [2.45, 2.75) is 6.61 Å². The van der Waals surface area contributed by atoms with Crippen LogP contribution in [0, 0.1) is 0 Å². The van der Waals surface area contributed by atoms with Gasteiger partial charge in [0.2, 0.25) is 0 Å². The Bertz CT molecular complexity index is 831. The zero-order chi connectivity index (χ0) is 16.2. The molecule has 1 heterocycles. The van der Waals surface area contributed by atoms with Gasteiger partial charge in [0.15, 0.2) is 0 Å². The number of ether oxygens (including phenoxy) is 1. The van der Waals surface area contributed by atoms with Crippen molar-refractivity contribution in [1.82, 2.24) is 9.78 Å². The van der Waals surface area contributed by atoms with E-state index in [4.69, 9.17) is 22.1 Å². The Labute approximate surface area is 138 Å². The van der Waals surface area contributed by atoms with E-state index in [1.807, 2.05) is 36.5 Å². The average Bonchev–Trinajstić information content (AvgIpc) is 3.02. The summed E-state index contributed by atoms with van der Waals surface area (Å²) < 4.78 is 6.99. The number of hydrogen-bond donors (Lipinski definition) is 1. The highest BCUT2D eigenvalue weighted by Gasteiger charge is 2.12. The molecule has 0 unspecified atom stereocenters. The molecule has 0 bridgehead atoms. The summed E-state index contributed by atoms with van der Waals surface area (Å²) in [5.74, 6) is -0.494. The van der Waals surface area contributed by atoms with Crippen molar-refractivity contribution in [3.63, 3.8) is 0 Å². The van der Waals surface area contributed by atoms with Crippen LogP contribution in [0.15, 0.2) is 60.9 Å². The SMILES string of the molecule is Nc1cc(Cl)ccc1C(=O)OCc1cnn(-c2ccccc2)c1. The van der Waals surface area contributed by atoms with Crippen molar-refractivity contribution in [1.29, 1.82) is 0 Å². The van der Waals surface area contributed by atoms with E-state index >= 15 is 0 Å². The third-order valence-electron chi connectivity index (χ3n) is 3.26. The first kappa shape index (κ1) is 15.1. The highest BCUT2D eigenvalue weighted by molar-refractivity contribution is 6.31. The summed E-state index contributed by atoms with van der Waals surface area (Å²) in [6.45, 7) is 0.119. The van der Waals surface area contributed by atoms with Crippen LogP contribution in [0.5, 0.6) is 0 Å². The topological polar surface area (TPSA) is 70.1 Å².